The highest BCUT2D eigenvalue weighted by molar-refractivity contribution is 5.78. The molecule has 1 aliphatic heterocycles. The van der Waals surface area contributed by atoms with E-state index in [4.69, 9.17) is 4.74 Å². The number of methoxy groups -OCH3 is 1. The number of nitrogens with one attached hydrogen (secondary N) is 1. The zero-order chi connectivity index (χ0) is 16.4. The van der Waals surface area contributed by atoms with Gasteiger partial charge in [-0.25, -0.2) is 0 Å². The summed E-state index contributed by atoms with van der Waals surface area (Å²) in [7, 11) is 5.89. The largest absolute Gasteiger partial charge is 0.378 e. The molecule has 1 saturated carbocycles. The molecule has 0 aromatic heterocycles. The third-order valence-electron chi connectivity index (χ3n) is 5.23. The molecule has 0 spiro atoms. The molecule has 0 bridgehead atoms. The highest BCUT2D eigenvalue weighted by atomic mass is 16.5. The van der Waals surface area contributed by atoms with Gasteiger partial charge in [-0.15, -0.1) is 0 Å². The number of likely N-dealkylation sites (tertiary alicyclic amines) is 1. The van der Waals surface area contributed by atoms with Gasteiger partial charge in [-0.3, -0.25) is 4.79 Å². The van der Waals surface area contributed by atoms with Crippen LogP contribution in [0.4, 0.5) is 0 Å². The summed E-state index contributed by atoms with van der Waals surface area (Å²) in [5.41, 5.74) is -0.252. The van der Waals surface area contributed by atoms with Gasteiger partial charge in [0, 0.05) is 32.8 Å². The lowest BCUT2D eigenvalue weighted by Crippen LogP contribution is -2.60. The maximum absolute atomic E-state index is 12.5. The summed E-state index contributed by atoms with van der Waals surface area (Å²) in [6.45, 7) is 7.51. The fourth-order valence-corrected chi connectivity index (χ4v) is 3.62. The van der Waals surface area contributed by atoms with Crippen molar-refractivity contribution in [1.29, 1.82) is 0 Å². The molecule has 0 aromatic carbocycles. The van der Waals surface area contributed by atoms with Crippen molar-refractivity contribution >= 4 is 5.91 Å². The maximum Gasteiger partial charge on any atom is 0.223 e. The van der Waals surface area contributed by atoms with E-state index in [2.05, 4.69) is 43.1 Å². The molecule has 5 nitrogen and oxygen atoms in total. The van der Waals surface area contributed by atoms with Gasteiger partial charge in [0.2, 0.25) is 5.91 Å². The number of amides is 1. The van der Waals surface area contributed by atoms with Crippen LogP contribution in [0.15, 0.2) is 0 Å². The van der Waals surface area contributed by atoms with Crippen LogP contribution in [0.1, 0.15) is 46.0 Å². The van der Waals surface area contributed by atoms with E-state index in [1.807, 2.05) is 0 Å². The van der Waals surface area contributed by atoms with E-state index < -0.39 is 0 Å². The minimum atomic E-state index is -0.165. The first-order valence-corrected chi connectivity index (χ1v) is 8.55. The molecule has 0 aromatic rings. The van der Waals surface area contributed by atoms with Crippen molar-refractivity contribution in [2.75, 3.05) is 40.8 Å². The number of hydrogen-bond donors (Lipinski definition) is 1. The summed E-state index contributed by atoms with van der Waals surface area (Å²) < 4.78 is 5.49. The minimum absolute atomic E-state index is 0.0875. The Kier molecular flexibility index (Phi) is 5.51. The first kappa shape index (κ1) is 17.7. The average Bonchev–Trinajstić information content (AvgIpc) is 3.18. The van der Waals surface area contributed by atoms with Crippen molar-refractivity contribution in [2.45, 2.75) is 63.1 Å². The van der Waals surface area contributed by atoms with Crippen LogP contribution in [-0.2, 0) is 9.53 Å². The Morgan fingerprint density at radius 1 is 1.23 bits per heavy atom. The molecule has 22 heavy (non-hydrogen) atoms. The predicted molar refractivity (Wildman–Crippen MR) is 89.0 cm³/mol. The molecule has 1 N–H and O–H groups in total. The summed E-state index contributed by atoms with van der Waals surface area (Å²) in [5.74, 6) is 0.152. The topological polar surface area (TPSA) is 44.8 Å². The standard InChI is InChI=1S/C17H33N3O2/c1-14(2)20-10-8-16(9-11-20,13-19(3)4)18-15(21)12-17(22-5)6-7-17/h14H,6-13H2,1-5H3,(H,18,21). The number of carbonyl (C=O) groups excluding carboxylic acids is 1. The van der Waals surface area contributed by atoms with Crippen LogP contribution in [0, 0.1) is 0 Å². The van der Waals surface area contributed by atoms with Crippen LogP contribution in [0.5, 0.6) is 0 Å². The Balaban J connectivity index is 1.96. The molecule has 0 atom stereocenters. The lowest BCUT2D eigenvalue weighted by molar-refractivity contribution is -0.127. The van der Waals surface area contributed by atoms with Gasteiger partial charge in [0.25, 0.3) is 0 Å². The molecular weight excluding hydrogens is 278 g/mol. The summed E-state index contributed by atoms with van der Waals surface area (Å²) in [6, 6.07) is 0.580. The highest BCUT2D eigenvalue weighted by Gasteiger charge is 2.46. The van der Waals surface area contributed by atoms with E-state index in [0.29, 0.717) is 12.5 Å². The van der Waals surface area contributed by atoms with E-state index in [1.165, 1.54) is 0 Å². The van der Waals surface area contributed by atoms with Crippen LogP contribution in [0.25, 0.3) is 0 Å². The molecule has 1 amide bonds. The smallest absolute Gasteiger partial charge is 0.223 e. The van der Waals surface area contributed by atoms with E-state index >= 15 is 0 Å². The number of carbonyl (C=O) groups is 1. The summed E-state index contributed by atoms with van der Waals surface area (Å²) >= 11 is 0. The second-order valence-electron chi connectivity index (χ2n) is 7.76. The summed E-state index contributed by atoms with van der Waals surface area (Å²) in [6.07, 6.45) is 4.58. The zero-order valence-corrected chi connectivity index (χ0v) is 14.9. The van der Waals surface area contributed by atoms with Crippen molar-refractivity contribution in [2.24, 2.45) is 0 Å². The van der Waals surface area contributed by atoms with Gasteiger partial charge in [0.1, 0.15) is 0 Å². The minimum Gasteiger partial charge on any atom is -0.378 e. The third kappa shape index (κ3) is 4.43. The van der Waals surface area contributed by atoms with E-state index in [9.17, 15) is 4.79 Å². The van der Waals surface area contributed by atoms with Gasteiger partial charge in [0.05, 0.1) is 17.6 Å². The molecule has 0 radical (unpaired) electrons. The van der Waals surface area contributed by atoms with Crippen LogP contribution >= 0.6 is 0 Å². The molecule has 128 valence electrons. The van der Waals surface area contributed by atoms with E-state index in [1.54, 1.807) is 7.11 Å². The zero-order valence-electron chi connectivity index (χ0n) is 14.9. The lowest BCUT2D eigenvalue weighted by Gasteiger charge is -2.45. The van der Waals surface area contributed by atoms with Crippen LogP contribution in [0.3, 0.4) is 0 Å². The number of piperidine rings is 1. The fraction of sp³-hybridized carbons (Fsp3) is 0.941. The molecule has 1 saturated heterocycles. The van der Waals surface area contributed by atoms with Gasteiger partial charge in [0.15, 0.2) is 0 Å². The molecule has 2 fully saturated rings. The third-order valence-corrected chi connectivity index (χ3v) is 5.23. The predicted octanol–water partition coefficient (Wildman–Crippen LogP) is 1.48. The Hall–Kier alpha value is -0.650. The maximum atomic E-state index is 12.5. The average molecular weight is 311 g/mol. The van der Waals surface area contributed by atoms with Crippen LogP contribution in [0.2, 0.25) is 0 Å². The number of ether oxygens (including phenoxy) is 1. The number of likely N-dealkylation sites (N-methyl/N-ethyl adjacent to an activating group) is 1. The van der Waals surface area contributed by atoms with Crippen molar-refractivity contribution in [1.82, 2.24) is 15.1 Å². The molecule has 5 heteroatoms. The summed E-state index contributed by atoms with van der Waals surface area (Å²) in [5, 5.41) is 3.37. The van der Waals surface area contributed by atoms with Gasteiger partial charge in [-0.05, 0) is 53.6 Å². The Labute approximate surface area is 135 Å². The first-order chi connectivity index (χ1) is 10.3. The van der Waals surface area contributed by atoms with E-state index in [0.717, 1.165) is 45.3 Å². The van der Waals surface area contributed by atoms with Crippen molar-refractivity contribution in [3.05, 3.63) is 0 Å². The Bertz CT molecular complexity index is 383. The quantitative estimate of drug-likeness (QED) is 0.773. The molecule has 2 rings (SSSR count). The lowest BCUT2D eigenvalue weighted by atomic mass is 9.86. The van der Waals surface area contributed by atoms with Crippen molar-refractivity contribution in [3.8, 4) is 0 Å². The molecule has 2 aliphatic rings. The normalized spacial score (nSPS) is 23.8. The van der Waals surface area contributed by atoms with Gasteiger partial charge in [-0.2, -0.15) is 0 Å². The van der Waals surface area contributed by atoms with Crippen molar-refractivity contribution < 1.29 is 9.53 Å². The fourth-order valence-electron chi connectivity index (χ4n) is 3.62. The first-order valence-electron chi connectivity index (χ1n) is 8.55. The summed E-state index contributed by atoms with van der Waals surface area (Å²) in [4.78, 5) is 17.2. The van der Waals surface area contributed by atoms with Gasteiger partial charge < -0.3 is 19.9 Å². The van der Waals surface area contributed by atoms with Gasteiger partial charge >= 0.3 is 0 Å². The molecule has 1 heterocycles. The second-order valence-corrected chi connectivity index (χ2v) is 7.76. The number of hydrogen-bond acceptors (Lipinski definition) is 4. The van der Waals surface area contributed by atoms with Crippen LogP contribution < -0.4 is 5.32 Å². The molecular formula is C17H33N3O2. The molecule has 1 aliphatic carbocycles. The van der Waals surface area contributed by atoms with Crippen molar-refractivity contribution in [3.63, 3.8) is 0 Å². The Morgan fingerprint density at radius 3 is 2.23 bits per heavy atom. The molecule has 0 unspecified atom stereocenters. The second kappa shape index (κ2) is 6.85. The monoisotopic (exact) mass is 311 g/mol. The van der Waals surface area contributed by atoms with E-state index in [-0.39, 0.29) is 17.0 Å². The highest BCUT2D eigenvalue weighted by Crippen LogP contribution is 2.42. The van der Waals surface area contributed by atoms with Gasteiger partial charge in [-0.1, -0.05) is 0 Å². The SMILES string of the molecule is COC1(CC(=O)NC2(CN(C)C)CCN(C(C)C)CC2)CC1. The number of rotatable bonds is 7. The number of nitrogens with zero attached hydrogens (tertiary/aromatic N) is 2. The Morgan fingerprint density at radius 2 is 1.82 bits per heavy atom. The van der Waals surface area contributed by atoms with Crippen LogP contribution in [-0.4, -0.2) is 73.7 Å².